The number of nitrogens with zero attached hydrogens (tertiary/aromatic N) is 4. The van der Waals surface area contributed by atoms with Gasteiger partial charge in [0, 0.05) is 26.1 Å². The molecule has 0 saturated carbocycles. The van der Waals surface area contributed by atoms with Crippen molar-refractivity contribution in [2.75, 3.05) is 13.1 Å². The number of aliphatic hydroxyl groups is 1. The third kappa shape index (κ3) is 5.22. The van der Waals surface area contributed by atoms with Gasteiger partial charge in [-0.25, -0.2) is 4.99 Å². The molecule has 0 fully saturated rings. The molecule has 3 rings (SSSR count). The van der Waals surface area contributed by atoms with Gasteiger partial charge in [0.05, 0.1) is 12.2 Å². The number of benzene rings is 1. The first kappa shape index (κ1) is 20.1. The zero-order valence-corrected chi connectivity index (χ0v) is 16.9. The van der Waals surface area contributed by atoms with Gasteiger partial charge in [0.2, 0.25) is 0 Å². The smallest absolute Gasteiger partial charge is 0.191 e. The van der Waals surface area contributed by atoms with E-state index in [1.807, 2.05) is 45.0 Å². The van der Waals surface area contributed by atoms with E-state index in [1.54, 1.807) is 0 Å². The highest BCUT2D eigenvalue weighted by Gasteiger charge is 2.17. The van der Waals surface area contributed by atoms with E-state index < -0.39 is 6.10 Å². The van der Waals surface area contributed by atoms with Gasteiger partial charge in [0.25, 0.3) is 0 Å². The highest BCUT2D eigenvalue weighted by atomic mass is 16.5. The molecule has 1 aliphatic rings. The molecule has 0 saturated heterocycles. The average molecular weight is 387 g/mol. The molecule has 28 heavy (non-hydrogen) atoms. The number of nitrogens with one attached hydrogen (secondary N) is 2. The lowest BCUT2D eigenvalue weighted by Crippen LogP contribution is -2.39. The van der Waals surface area contributed by atoms with Crippen LogP contribution in [0.5, 0.6) is 5.75 Å². The average Bonchev–Trinajstić information content (AvgIpc) is 3.27. The van der Waals surface area contributed by atoms with Gasteiger partial charge >= 0.3 is 0 Å². The monoisotopic (exact) mass is 386 g/mol. The van der Waals surface area contributed by atoms with Gasteiger partial charge in [0.15, 0.2) is 11.8 Å². The summed E-state index contributed by atoms with van der Waals surface area (Å²) in [6.45, 7) is 8.46. The zero-order valence-electron chi connectivity index (χ0n) is 16.9. The van der Waals surface area contributed by atoms with Crippen LogP contribution in [0, 0.1) is 0 Å². The van der Waals surface area contributed by atoms with E-state index in [2.05, 4.69) is 30.4 Å². The Morgan fingerprint density at radius 1 is 1.32 bits per heavy atom. The Hall–Kier alpha value is -2.61. The zero-order chi connectivity index (χ0) is 19.9. The lowest BCUT2D eigenvalue weighted by Gasteiger charge is -2.17. The van der Waals surface area contributed by atoms with Gasteiger partial charge in [-0.2, -0.15) is 0 Å². The predicted octanol–water partition coefficient (Wildman–Crippen LogP) is 1.80. The molecule has 3 N–H and O–H groups in total. The molecule has 0 radical (unpaired) electrons. The summed E-state index contributed by atoms with van der Waals surface area (Å²) in [7, 11) is 0. The standard InChI is InChI=1S/C20H30N6O2/c1-4-21-20(23-13-19-25-24-18-9-6-10-26(18)19)22-12-17(27)15-7-5-8-16(11-15)28-14(2)3/h5,7-8,11,14,17,27H,4,6,9-10,12-13H2,1-3H3,(H2,21,22,23). The summed E-state index contributed by atoms with van der Waals surface area (Å²) in [6, 6.07) is 7.55. The number of guanidine groups is 1. The second-order valence-electron chi connectivity index (χ2n) is 7.12. The summed E-state index contributed by atoms with van der Waals surface area (Å²) in [5.74, 6) is 3.32. The highest BCUT2D eigenvalue weighted by molar-refractivity contribution is 5.79. The molecule has 0 bridgehead atoms. The van der Waals surface area contributed by atoms with Crippen molar-refractivity contribution in [3.63, 3.8) is 0 Å². The van der Waals surface area contributed by atoms with Crippen LogP contribution in [-0.4, -0.2) is 45.0 Å². The van der Waals surface area contributed by atoms with Crippen LogP contribution in [0.1, 0.15) is 50.5 Å². The molecule has 0 amide bonds. The van der Waals surface area contributed by atoms with E-state index in [0.29, 0.717) is 19.0 Å². The molecule has 1 aromatic heterocycles. The van der Waals surface area contributed by atoms with Crippen molar-refractivity contribution in [2.45, 2.75) is 58.9 Å². The van der Waals surface area contributed by atoms with E-state index in [-0.39, 0.29) is 6.10 Å². The first-order chi connectivity index (χ1) is 13.6. The number of hydrogen-bond donors (Lipinski definition) is 3. The molecular formula is C20H30N6O2. The van der Waals surface area contributed by atoms with E-state index in [0.717, 1.165) is 48.9 Å². The summed E-state index contributed by atoms with van der Waals surface area (Å²) in [5, 5.41) is 25.4. The highest BCUT2D eigenvalue weighted by Crippen LogP contribution is 2.20. The number of fused-ring (bicyclic) bond motifs is 1. The van der Waals surface area contributed by atoms with Crippen LogP contribution >= 0.6 is 0 Å². The van der Waals surface area contributed by atoms with Gasteiger partial charge in [-0.15, -0.1) is 10.2 Å². The maximum atomic E-state index is 10.5. The Balaban J connectivity index is 1.59. The Labute approximate surface area is 166 Å². The molecule has 1 unspecified atom stereocenters. The van der Waals surface area contributed by atoms with Crippen molar-refractivity contribution >= 4 is 5.96 Å². The molecule has 1 aromatic carbocycles. The lowest BCUT2D eigenvalue weighted by molar-refractivity contribution is 0.179. The minimum atomic E-state index is -0.670. The molecule has 8 heteroatoms. The minimum absolute atomic E-state index is 0.0941. The fraction of sp³-hybridized carbons (Fsp3) is 0.550. The van der Waals surface area contributed by atoms with E-state index in [4.69, 9.17) is 4.74 Å². The van der Waals surface area contributed by atoms with Crippen molar-refractivity contribution < 1.29 is 9.84 Å². The third-order valence-electron chi connectivity index (χ3n) is 4.49. The Morgan fingerprint density at radius 3 is 2.96 bits per heavy atom. The second-order valence-corrected chi connectivity index (χ2v) is 7.12. The number of ether oxygens (including phenoxy) is 1. The van der Waals surface area contributed by atoms with Gasteiger partial charge < -0.3 is 25.0 Å². The van der Waals surface area contributed by atoms with Crippen LogP contribution in [0.15, 0.2) is 29.3 Å². The first-order valence-corrected chi connectivity index (χ1v) is 9.94. The molecule has 2 aromatic rings. The van der Waals surface area contributed by atoms with Gasteiger partial charge in [-0.3, -0.25) is 0 Å². The minimum Gasteiger partial charge on any atom is -0.491 e. The van der Waals surface area contributed by atoms with Crippen molar-refractivity contribution in [3.8, 4) is 5.75 Å². The van der Waals surface area contributed by atoms with E-state index in [9.17, 15) is 5.11 Å². The number of aromatic nitrogens is 3. The third-order valence-corrected chi connectivity index (χ3v) is 4.49. The fourth-order valence-corrected chi connectivity index (χ4v) is 3.20. The van der Waals surface area contributed by atoms with Gasteiger partial charge in [-0.1, -0.05) is 12.1 Å². The SMILES string of the molecule is CCNC(=NCc1nnc2n1CCC2)NCC(O)c1cccc(OC(C)C)c1. The quantitative estimate of drug-likeness (QED) is 0.473. The molecule has 152 valence electrons. The normalized spacial score (nSPS) is 14.8. The molecule has 1 atom stereocenters. The number of aliphatic imine (C=N–C) groups is 1. The summed E-state index contributed by atoms with van der Waals surface area (Å²) in [4.78, 5) is 4.59. The predicted molar refractivity (Wildman–Crippen MR) is 108 cm³/mol. The number of hydrogen-bond acceptors (Lipinski definition) is 5. The number of aryl methyl sites for hydroxylation is 1. The molecule has 0 aliphatic carbocycles. The van der Waals surface area contributed by atoms with Gasteiger partial charge in [0.1, 0.15) is 18.1 Å². The van der Waals surface area contributed by atoms with E-state index in [1.165, 1.54) is 0 Å². The van der Waals surface area contributed by atoms with Crippen LogP contribution in [0.3, 0.4) is 0 Å². The van der Waals surface area contributed by atoms with Crippen LogP contribution in [-0.2, 0) is 19.5 Å². The molecule has 8 nitrogen and oxygen atoms in total. The molecule has 0 spiro atoms. The Bertz CT molecular complexity index is 802. The van der Waals surface area contributed by atoms with Crippen LogP contribution < -0.4 is 15.4 Å². The first-order valence-electron chi connectivity index (χ1n) is 9.94. The molecular weight excluding hydrogens is 356 g/mol. The Morgan fingerprint density at radius 2 is 2.18 bits per heavy atom. The van der Waals surface area contributed by atoms with Crippen molar-refractivity contribution in [3.05, 3.63) is 41.5 Å². The number of aliphatic hydroxyl groups excluding tert-OH is 1. The van der Waals surface area contributed by atoms with Crippen molar-refractivity contribution in [1.29, 1.82) is 0 Å². The maximum Gasteiger partial charge on any atom is 0.191 e. The van der Waals surface area contributed by atoms with Gasteiger partial charge in [-0.05, 0) is 44.9 Å². The maximum absolute atomic E-state index is 10.5. The van der Waals surface area contributed by atoms with Crippen molar-refractivity contribution in [1.82, 2.24) is 25.4 Å². The van der Waals surface area contributed by atoms with E-state index >= 15 is 0 Å². The summed E-state index contributed by atoms with van der Waals surface area (Å²) < 4.78 is 7.84. The van der Waals surface area contributed by atoms with Crippen LogP contribution in [0.25, 0.3) is 0 Å². The van der Waals surface area contributed by atoms with Crippen molar-refractivity contribution in [2.24, 2.45) is 4.99 Å². The fourth-order valence-electron chi connectivity index (χ4n) is 3.20. The summed E-state index contributed by atoms with van der Waals surface area (Å²) >= 11 is 0. The topological polar surface area (TPSA) is 96.6 Å². The van der Waals surface area contributed by atoms with Crippen LogP contribution in [0.2, 0.25) is 0 Å². The number of rotatable bonds is 8. The molecule has 2 heterocycles. The second kappa shape index (κ2) is 9.54. The summed E-state index contributed by atoms with van der Waals surface area (Å²) in [5.41, 5.74) is 0.803. The molecule has 1 aliphatic heterocycles. The Kier molecular flexibility index (Phi) is 6.86. The lowest BCUT2D eigenvalue weighted by atomic mass is 10.1. The largest absolute Gasteiger partial charge is 0.491 e. The van der Waals surface area contributed by atoms with Crippen LogP contribution in [0.4, 0.5) is 0 Å². The summed E-state index contributed by atoms with van der Waals surface area (Å²) in [6.07, 6.45) is 1.53.